The first kappa shape index (κ1) is 21.0. The quantitative estimate of drug-likeness (QED) is 0.453. The highest BCUT2D eigenvalue weighted by atomic mass is 32.2. The van der Waals surface area contributed by atoms with E-state index < -0.39 is 23.1 Å². The number of thiophene rings is 1. The van der Waals surface area contributed by atoms with Gasteiger partial charge in [0, 0.05) is 9.78 Å². The molecule has 1 amide bonds. The summed E-state index contributed by atoms with van der Waals surface area (Å²) in [7, 11) is 0. The monoisotopic (exact) mass is 428 g/mol. The average molecular weight is 429 g/mol. The number of nitrogens with one attached hydrogen (secondary N) is 1. The molecule has 0 saturated carbocycles. The molecule has 0 bridgehead atoms. The highest BCUT2D eigenvalue weighted by Crippen LogP contribution is 2.36. The number of rotatable bonds is 6. The zero-order valence-corrected chi connectivity index (χ0v) is 17.5. The second kappa shape index (κ2) is 9.15. The number of allylic oxidation sites excluding steroid dienone is 2. The largest absolute Gasteiger partial charge is 0.313 e. The van der Waals surface area contributed by atoms with E-state index in [-0.39, 0.29) is 0 Å². The minimum absolute atomic E-state index is 0.497. The van der Waals surface area contributed by atoms with Crippen molar-refractivity contribution >= 4 is 38.9 Å². The number of carbonyl (C=O) groups excluding carboxylic acids is 1. The van der Waals surface area contributed by atoms with Gasteiger partial charge in [-0.2, -0.15) is 0 Å². The van der Waals surface area contributed by atoms with Gasteiger partial charge in [-0.3, -0.25) is 9.78 Å². The average Bonchev–Trinajstić information content (AvgIpc) is 3.14. The molecule has 3 aromatic rings. The Hall–Kier alpha value is -2.77. The molecule has 0 unspecified atom stereocenters. The van der Waals surface area contributed by atoms with Gasteiger partial charge in [-0.15, -0.1) is 23.1 Å². The van der Waals surface area contributed by atoms with Crippen molar-refractivity contribution in [1.82, 2.24) is 4.98 Å². The molecule has 0 aliphatic carbocycles. The van der Waals surface area contributed by atoms with Crippen LogP contribution in [0, 0.1) is 18.6 Å². The normalized spacial score (nSPS) is 11.4. The fraction of sp³-hybridized carbons (Fsp3) is 0.0909. The van der Waals surface area contributed by atoms with Crippen molar-refractivity contribution in [3.8, 4) is 10.4 Å². The molecule has 0 radical (unpaired) electrons. The van der Waals surface area contributed by atoms with E-state index in [0.717, 1.165) is 38.9 Å². The van der Waals surface area contributed by atoms with E-state index in [0.29, 0.717) is 5.00 Å². The highest BCUT2D eigenvalue weighted by molar-refractivity contribution is 8.07. The fourth-order valence-corrected chi connectivity index (χ4v) is 4.36. The number of aromatic nitrogens is 1. The highest BCUT2D eigenvalue weighted by Gasteiger charge is 2.19. The van der Waals surface area contributed by atoms with Crippen molar-refractivity contribution in [2.24, 2.45) is 0 Å². The van der Waals surface area contributed by atoms with E-state index in [9.17, 15) is 13.6 Å². The third-order valence-corrected chi connectivity index (χ3v) is 6.05. The lowest BCUT2D eigenvalue weighted by Crippen LogP contribution is -2.15. The van der Waals surface area contributed by atoms with Gasteiger partial charge in [0.15, 0.2) is 11.6 Å². The summed E-state index contributed by atoms with van der Waals surface area (Å²) in [5, 5.41) is 3.06. The van der Waals surface area contributed by atoms with E-state index in [4.69, 9.17) is 0 Å². The maximum absolute atomic E-state index is 13.8. The lowest BCUT2D eigenvalue weighted by molar-refractivity contribution is 0.101. The second-order valence-corrected chi connectivity index (χ2v) is 8.03. The summed E-state index contributed by atoms with van der Waals surface area (Å²) in [4.78, 5) is 17.7. The van der Waals surface area contributed by atoms with E-state index in [1.54, 1.807) is 23.9 Å². The Kier molecular flexibility index (Phi) is 6.61. The summed E-state index contributed by atoms with van der Waals surface area (Å²) in [6, 6.07) is 9.77. The molecular formula is C22H18F2N2OS2. The summed E-state index contributed by atoms with van der Waals surface area (Å²) in [6.45, 7) is 5.76. The van der Waals surface area contributed by atoms with Gasteiger partial charge >= 0.3 is 0 Å². The molecule has 7 heteroatoms. The van der Waals surface area contributed by atoms with Crippen LogP contribution in [0.4, 0.5) is 13.8 Å². The molecule has 2 heterocycles. The molecule has 29 heavy (non-hydrogen) atoms. The Balaban J connectivity index is 1.89. The predicted octanol–water partition coefficient (Wildman–Crippen LogP) is 6.54. The van der Waals surface area contributed by atoms with Crippen LogP contribution in [0.2, 0.25) is 0 Å². The third-order valence-electron chi connectivity index (χ3n) is 4.20. The van der Waals surface area contributed by atoms with E-state index in [1.165, 1.54) is 11.3 Å². The van der Waals surface area contributed by atoms with Gasteiger partial charge in [-0.25, -0.2) is 8.78 Å². The number of hydrogen-bond donors (Lipinski definition) is 1. The topological polar surface area (TPSA) is 42.0 Å². The molecule has 0 spiro atoms. The van der Waals surface area contributed by atoms with Gasteiger partial charge in [0.2, 0.25) is 0 Å². The van der Waals surface area contributed by atoms with E-state index >= 15 is 0 Å². The van der Waals surface area contributed by atoms with Crippen LogP contribution in [0.1, 0.15) is 21.5 Å². The lowest BCUT2D eigenvalue weighted by Gasteiger charge is -2.09. The molecule has 1 aromatic carbocycles. The number of anilines is 1. The lowest BCUT2D eigenvalue weighted by atomic mass is 10.0. The van der Waals surface area contributed by atoms with Gasteiger partial charge in [0.25, 0.3) is 5.91 Å². The second-order valence-electron chi connectivity index (χ2n) is 6.10. The Morgan fingerprint density at radius 1 is 1.21 bits per heavy atom. The van der Waals surface area contributed by atoms with Crippen molar-refractivity contribution in [3.05, 3.63) is 89.8 Å². The molecule has 2 aromatic heterocycles. The van der Waals surface area contributed by atoms with Crippen molar-refractivity contribution in [1.29, 1.82) is 0 Å². The van der Waals surface area contributed by atoms with Crippen molar-refractivity contribution in [2.45, 2.75) is 6.92 Å². The first-order valence-corrected chi connectivity index (χ1v) is 10.7. The van der Waals surface area contributed by atoms with Crippen LogP contribution >= 0.6 is 23.1 Å². The van der Waals surface area contributed by atoms with Gasteiger partial charge < -0.3 is 5.32 Å². The molecule has 0 atom stereocenters. The predicted molar refractivity (Wildman–Crippen MR) is 118 cm³/mol. The Morgan fingerprint density at radius 3 is 2.59 bits per heavy atom. The van der Waals surface area contributed by atoms with E-state index in [2.05, 4.69) is 29.0 Å². The van der Waals surface area contributed by atoms with Gasteiger partial charge in [0.1, 0.15) is 5.56 Å². The van der Waals surface area contributed by atoms with E-state index in [1.807, 2.05) is 31.4 Å². The summed E-state index contributed by atoms with van der Waals surface area (Å²) in [5.41, 5.74) is 2.53. The molecule has 0 fully saturated rings. The van der Waals surface area contributed by atoms with Crippen LogP contribution in [0.25, 0.3) is 15.3 Å². The number of halogens is 2. The molecular weight excluding hydrogens is 410 g/mol. The van der Waals surface area contributed by atoms with Crippen LogP contribution < -0.4 is 5.32 Å². The number of hydrogen-bond acceptors (Lipinski definition) is 4. The number of pyridine rings is 1. The van der Waals surface area contributed by atoms with Crippen LogP contribution in [0.3, 0.4) is 0 Å². The van der Waals surface area contributed by atoms with Crippen molar-refractivity contribution in [2.75, 3.05) is 11.6 Å². The SMILES string of the molecule is C=C/C=C(\SC)c1ccc(C)c(-c2ccc(NC(=O)c3c(F)cncc3F)s2)c1. The first-order chi connectivity index (χ1) is 13.9. The number of thioether (sulfide) groups is 1. The minimum atomic E-state index is -0.999. The zero-order chi connectivity index (χ0) is 21.0. The zero-order valence-electron chi connectivity index (χ0n) is 15.8. The van der Waals surface area contributed by atoms with Crippen molar-refractivity contribution < 1.29 is 13.6 Å². The number of aryl methyl sites for hydroxylation is 1. The van der Waals surface area contributed by atoms with Gasteiger partial charge in [0.05, 0.1) is 17.4 Å². The standard InChI is InChI=1S/C22H18F2N2OS2/c1-4-5-18(28-3)14-7-6-13(2)15(10-14)19-8-9-20(29-19)26-22(27)21-16(23)11-25-12-17(21)24/h4-12H,1H2,2-3H3,(H,26,27)/b18-5-. The summed E-state index contributed by atoms with van der Waals surface area (Å²) in [6.07, 6.45) is 7.34. The summed E-state index contributed by atoms with van der Waals surface area (Å²) >= 11 is 2.97. The first-order valence-electron chi connectivity index (χ1n) is 8.63. The maximum Gasteiger partial charge on any atom is 0.262 e. The maximum atomic E-state index is 13.8. The Morgan fingerprint density at radius 2 is 1.93 bits per heavy atom. The molecule has 3 nitrogen and oxygen atoms in total. The number of benzene rings is 1. The third kappa shape index (κ3) is 4.63. The fourth-order valence-electron chi connectivity index (χ4n) is 2.78. The van der Waals surface area contributed by atoms with Crippen LogP contribution in [-0.2, 0) is 0 Å². The van der Waals surface area contributed by atoms with Crippen LogP contribution in [-0.4, -0.2) is 17.1 Å². The summed E-state index contributed by atoms with van der Waals surface area (Å²) in [5.74, 6) is -2.84. The molecule has 0 aliphatic heterocycles. The molecule has 0 saturated heterocycles. The van der Waals surface area contributed by atoms with Crippen LogP contribution in [0.5, 0.6) is 0 Å². The summed E-state index contributed by atoms with van der Waals surface area (Å²) < 4.78 is 27.5. The molecule has 148 valence electrons. The van der Waals surface area contributed by atoms with Gasteiger partial charge in [-0.1, -0.05) is 24.8 Å². The molecule has 0 aliphatic rings. The Labute approximate surface area is 176 Å². The molecule has 1 N–H and O–H groups in total. The number of carbonyl (C=O) groups is 1. The van der Waals surface area contributed by atoms with Crippen molar-refractivity contribution in [3.63, 3.8) is 0 Å². The number of nitrogens with zero attached hydrogens (tertiary/aromatic N) is 1. The van der Waals surface area contributed by atoms with Gasteiger partial charge in [-0.05, 0) is 54.1 Å². The van der Waals surface area contributed by atoms with Crippen LogP contribution in [0.15, 0.2) is 61.5 Å². The Bertz CT molecular complexity index is 1090. The number of amides is 1. The molecule has 3 rings (SSSR count). The smallest absolute Gasteiger partial charge is 0.262 e. The minimum Gasteiger partial charge on any atom is -0.313 e.